The molecule has 1 N–H and O–H groups in total. The van der Waals surface area contributed by atoms with Crippen LogP contribution in [0.1, 0.15) is 31.3 Å². The van der Waals surface area contributed by atoms with E-state index in [1.165, 1.54) is 12.1 Å². The van der Waals surface area contributed by atoms with Crippen molar-refractivity contribution < 1.29 is 19.4 Å². The summed E-state index contributed by atoms with van der Waals surface area (Å²) in [4.78, 5) is 26.1. The number of hydrogen-bond donors (Lipinski definition) is 1. The van der Waals surface area contributed by atoms with E-state index < -0.39 is 11.4 Å². The second kappa shape index (κ2) is 5.48. The van der Waals surface area contributed by atoms with Crippen molar-refractivity contribution in [1.29, 1.82) is 0 Å². The smallest absolute Gasteiger partial charge is 0.354 e. The third kappa shape index (κ3) is 3.80. The molecule has 0 aliphatic carbocycles. The van der Waals surface area contributed by atoms with Crippen LogP contribution in [0, 0.1) is 5.41 Å². The molecular weight excluding hydrogens is 302 g/mol. The standard InChI is InChI=1S/C12H14BrNO4/c1-12(2,3)9(15)6-18-8-5-4-7(11(16)17)14-10(8)13/h4-5H,6H2,1-3H3,(H,16,17). The summed E-state index contributed by atoms with van der Waals surface area (Å²) >= 11 is 3.11. The Morgan fingerprint density at radius 2 is 2.00 bits per heavy atom. The predicted molar refractivity (Wildman–Crippen MR) is 68.9 cm³/mol. The van der Waals surface area contributed by atoms with E-state index in [1.54, 1.807) is 20.8 Å². The quantitative estimate of drug-likeness (QED) is 0.864. The van der Waals surface area contributed by atoms with Crippen LogP contribution in [-0.2, 0) is 4.79 Å². The molecule has 0 radical (unpaired) electrons. The minimum atomic E-state index is -1.12. The van der Waals surface area contributed by atoms with Gasteiger partial charge in [-0.1, -0.05) is 20.8 Å². The Labute approximate surface area is 113 Å². The van der Waals surface area contributed by atoms with Gasteiger partial charge in [0, 0.05) is 5.41 Å². The number of carboxylic acid groups (broad SMARTS) is 1. The van der Waals surface area contributed by atoms with Crippen LogP contribution >= 0.6 is 15.9 Å². The number of aromatic nitrogens is 1. The van der Waals surface area contributed by atoms with E-state index in [2.05, 4.69) is 20.9 Å². The lowest BCUT2D eigenvalue weighted by Crippen LogP contribution is -2.26. The summed E-state index contributed by atoms with van der Waals surface area (Å²) in [7, 11) is 0. The molecule has 98 valence electrons. The molecule has 0 bridgehead atoms. The zero-order valence-corrected chi connectivity index (χ0v) is 11.9. The summed E-state index contributed by atoms with van der Waals surface area (Å²) < 4.78 is 5.58. The number of Topliss-reactive ketones (excluding diaryl/α,β-unsaturated/α-hetero) is 1. The molecule has 5 nitrogen and oxygen atoms in total. The van der Waals surface area contributed by atoms with Gasteiger partial charge >= 0.3 is 5.97 Å². The van der Waals surface area contributed by atoms with E-state index >= 15 is 0 Å². The van der Waals surface area contributed by atoms with E-state index in [0.29, 0.717) is 5.75 Å². The van der Waals surface area contributed by atoms with Crippen LogP contribution < -0.4 is 4.74 Å². The van der Waals surface area contributed by atoms with E-state index in [4.69, 9.17) is 9.84 Å². The molecule has 1 aromatic heterocycles. The van der Waals surface area contributed by atoms with Crippen LogP contribution in [0.5, 0.6) is 5.75 Å². The molecule has 0 saturated carbocycles. The van der Waals surface area contributed by atoms with Gasteiger partial charge in [0.25, 0.3) is 0 Å². The van der Waals surface area contributed by atoms with Crippen LogP contribution in [0.15, 0.2) is 16.7 Å². The van der Waals surface area contributed by atoms with Crippen LogP contribution in [-0.4, -0.2) is 28.4 Å². The maximum absolute atomic E-state index is 11.7. The van der Waals surface area contributed by atoms with Gasteiger partial charge in [-0.15, -0.1) is 0 Å². The summed E-state index contributed by atoms with van der Waals surface area (Å²) in [6, 6.07) is 2.79. The summed E-state index contributed by atoms with van der Waals surface area (Å²) in [5, 5.41) is 8.75. The number of halogens is 1. The van der Waals surface area contributed by atoms with Gasteiger partial charge in [0.15, 0.2) is 11.5 Å². The Hall–Kier alpha value is -1.43. The lowest BCUT2D eigenvalue weighted by molar-refractivity contribution is -0.128. The molecular formula is C12H14BrNO4. The predicted octanol–water partition coefficient (Wildman–Crippen LogP) is 2.54. The van der Waals surface area contributed by atoms with Crippen molar-refractivity contribution in [3.8, 4) is 5.75 Å². The van der Waals surface area contributed by atoms with Gasteiger partial charge in [0.05, 0.1) is 0 Å². The number of rotatable bonds is 4. The number of ether oxygens (including phenoxy) is 1. The molecule has 18 heavy (non-hydrogen) atoms. The largest absolute Gasteiger partial charge is 0.483 e. The molecule has 0 aliphatic heterocycles. The Kier molecular flexibility index (Phi) is 4.45. The van der Waals surface area contributed by atoms with Crippen LogP contribution in [0.25, 0.3) is 0 Å². The third-order valence-corrected chi connectivity index (χ3v) is 2.80. The fourth-order valence-corrected chi connectivity index (χ4v) is 1.45. The highest BCUT2D eigenvalue weighted by molar-refractivity contribution is 9.10. The van der Waals surface area contributed by atoms with Crippen LogP contribution in [0.4, 0.5) is 0 Å². The van der Waals surface area contributed by atoms with Gasteiger partial charge in [0.2, 0.25) is 0 Å². The number of carboxylic acids is 1. The fourth-order valence-electron chi connectivity index (χ4n) is 1.01. The molecule has 0 atom stereocenters. The highest BCUT2D eigenvalue weighted by Gasteiger charge is 2.22. The third-order valence-electron chi connectivity index (χ3n) is 2.23. The van der Waals surface area contributed by atoms with Crippen molar-refractivity contribution in [1.82, 2.24) is 4.98 Å². The van der Waals surface area contributed by atoms with Gasteiger partial charge < -0.3 is 9.84 Å². The summed E-state index contributed by atoms with van der Waals surface area (Å²) in [6.45, 7) is 5.34. The molecule has 0 saturated heterocycles. The molecule has 6 heteroatoms. The normalized spacial score (nSPS) is 11.1. The lowest BCUT2D eigenvalue weighted by atomic mass is 9.91. The number of nitrogens with zero attached hydrogens (tertiary/aromatic N) is 1. The molecule has 0 aliphatic rings. The first-order valence-electron chi connectivity index (χ1n) is 5.28. The van der Waals surface area contributed by atoms with Crippen LogP contribution in [0.2, 0.25) is 0 Å². The van der Waals surface area contributed by atoms with Crippen LogP contribution in [0.3, 0.4) is 0 Å². The highest BCUT2D eigenvalue weighted by Crippen LogP contribution is 2.24. The van der Waals surface area contributed by atoms with Crippen molar-refractivity contribution in [3.63, 3.8) is 0 Å². The number of aromatic carboxylic acids is 1. The zero-order chi connectivity index (χ0) is 13.9. The highest BCUT2D eigenvalue weighted by atomic mass is 79.9. The zero-order valence-electron chi connectivity index (χ0n) is 10.4. The molecule has 0 amide bonds. The summed E-state index contributed by atoms with van der Waals surface area (Å²) in [5.41, 5.74) is -0.558. The van der Waals surface area contributed by atoms with Crippen molar-refractivity contribution in [3.05, 3.63) is 22.4 Å². The number of hydrogen-bond acceptors (Lipinski definition) is 4. The first kappa shape index (κ1) is 14.6. The topological polar surface area (TPSA) is 76.5 Å². The molecule has 1 rings (SSSR count). The van der Waals surface area contributed by atoms with Crippen molar-refractivity contribution >= 4 is 27.7 Å². The molecule has 0 aromatic carbocycles. The Balaban J connectivity index is 2.75. The van der Waals surface area contributed by atoms with E-state index in [9.17, 15) is 9.59 Å². The summed E-state index contributed by atoms with van der Waals surface area (Å²) in [5.74, 6) is -0.817. The second-order valence-corrected chi connectivity index (χ2v) is 5.50. The number of carbonyl (C=O) groups excluding carboxylic acids is 1. The minimum absolute atomic E-state index is 0.0447. The Bertz CT molecular complexity index is 479. The average Bonchev–Trinajstić information content (AvgIpc) is 2.25. The number of carbonyl (C=O) groups is 2. The SMILES string of the molecule is CC(C)(C)C(=O)COc1ccc(C(=O)O)nc1Br. The van der Waals surface area contributed by atoms with E-state index in [0.717, 1.165) is 0 Å². The maximum atomic E-state index is 11.7. The van der Waals surface area contributed by atoms with Gasteiger partial charge in [-0.2, -0.15) is 0 Å². The molecule has 0 unspecified atom stereocenters. The van der Waals surface area contributed by atoms with E-state index in [-0.39, 0.29) is 22.7 Å². The second-order valence-electron chi connectivity index (χ2n) is 4.75. The van der Waals surface area contributed by atoms with Gasteiger partial charge in [-0.05, 0) is 28.1 Å². The Morgan fingerprint density at radius 3 is 2.44 bits per heavy atom. The number of ketones is 1. The molecule has 1 aromatic rings. The molecule has 0 fully saturated rings. The maximum Gasteiger partial charge on any atom is 0.354 e. The van der Waals surface area contributed by atoms with Crippen molar-refractivity contribution in [2.75, 3.05) is 6.61 Å². The Morgan fingerprint density at radius 1 is 1.39 bits per heavy atom. The first-order chi connectivity index (χ1) is 8.21. The van der Waals surface area contributed by atoms with Crippen molar-refractivity contribution in [2.45, 2.75) is 20.8 Å². The van der Waals surface area contributed by atoms with Gasteiger partial charge in [0.1, 0.15) is 16.9 Å². The van der Waals surface area contributed by atoms with Gasteiger partial charge in [-0.3, -0.25) is 4.79 Å². The monoisotopic (exact) mass is 315 g/mol. The molecule has 1 heterocycles. The first-order valence-corrected chi connectivity index (χ1v) is 6.07. The fraction of sp³-hybridized carbons (Fsp3) is 0.417. The van der Waals surface area contributed by atoms with E-state index in [1.807, 2.05) is 0 Å². The lowest BCUT2D eigenvalue weighted by Gasteiger charge is -2.17. The summed E-state index contributed by atoms with van der Waals surface area (Å²) in [6.07, 6.45) is 0. The minimum Gasteiger partial charge on any atom is -0.483 e. The average molecular weight is 316 g/mol. The van der Waals surface area contributed by atoms with Crippen molar-refractivity contribution in [2.24, 2.45) is 5.41 Å². The number of pyridine rings is 1. The molecule has 0 spiro atoms. The van der Waals surface area contributed by atoms with Gasteiger partial charge in [-0.25, -0.2) is 9.78 Å².